The third kappa shape index (κ3) is 3.72. The highest BCUT2D eigenvalue weighted by molar-refractivity contribution is 7.89. The monoisotopic (exact) mass is 313 g/mol. The molecule has 1 aliphatic carbocycles. The number of hydrogen-bond acceptors (Lipinski definition) is 5. The molecule has 0 spiro atoms. The fourth-order valence-corrected chi connectivity index (χ4v) is 3.57. The van der Waals surface area contributed by atoms with Gasteiger partial charge >= 0.3 is 0 Å². The summed E-state index contributed by atoms with van der Waals surface area (Å²) in [6.45, 7) is 3.04. The first-order chi connectivity index (χ1) is 10.0. The number of nitrogens with one attached hydrogen (secondary N) is 2. The van der Waals surface area contributed by atoms with Gasteiger partial charge in [0.15, 0.2) is 0 Å². The van der Waals surface area contributed by atoms with Crippen LogP contribution in [-0.2, 0) is 14.8 Å². The van der Waals surface area contributed by atoms with E-state index in [0.717, 1.165) is 25.7 Å². The van der Waals surface area contributed by atoms with E-state index in [1.807, 2.05) is 6.92 Å². The summed E-state index contributed by atoms with van der Waals surface area (Å²) >= 11 is 0. The summed E-state index contributed by atoms with van der Waals surface area (Å²) in [5, 5.41) is 3.12. The molecule has 1 saturated carbocycles. The van der Waals surface area contributed by atoms with Crippen LogP contribution >= 0.6 is 0 Å². The second-order valence-electron chi connectivity index (χ2n) is 5.36. The number of aromatic nitrogens is 1. The van der Waals surface area contributed by atoms with Crippen LogP contribution in [0.3, 0.4) is 0 Å². The average Bonchev–Trinajstić information content (AvgIpc) is 2.44. The Morgan fingerprint density at radius 2 is 2.19 bits per heavy atom. The van der Waals surface area contributed by atoms with Gasteiger partial charge in [0, 0.05) is 32.6 Å². The Hall–Kier alpha value is -1.18. The topological polar surface area (TPSA) is 80.3 Å². The smallest absolute Gasteiger partial charge is 0.244 e. The molecule has 1 aromatic heterocycles. The van der Waals surface area contributed by atoms with Crippen LogP contribution in [0.25, 0.3) is 0 Å². The molecule has 1 heterocycles. The van der Waals surface area contributed by atoms with E-state index in [1.165, 1.54) is 6.20 Å². The van der Waals surface area contributed by atoms with Crippen molar-refractivity contribution < 1.29 is 13.2 Å². The van der Waals surface area contributed by atoms with Crippen molar-refractivity contribution in [3.8, 4) is 0 Å². The lowest BCUT2D eigenvalue weighted by atomic mass is 9.80. The van der Waals surface area contributed by atoms with Gasteiger partial charge in [-0.1, -0.05) is 6.92 Å². The van der Waals surface area contributed by atoms with Gasteiger partial charge in [0.2, 0.25) is 10.0 Å². The molecule has 0 radical (unpaired) electrons. The van der Waals surface area contributed by atoms with Crippen molar-refractivity contribution in [2.24, 2.45) is 0 Å². The van der Waals surface area contributed by atoms with E-state index in [2.05, 4.69) is 15.0 Å². The molecule has 0 saturated heterocycles. The number of ether oxygens (including phenoxy) is 1. The van der Waals surface area contributed by atoms with E-state index < -0.39 is 10.0 Å². The Labute approximate surface area is 126 Å². The van der Waals surface area contributed by atoms with Crippen molar-refractivity contribution in [2.75, 3.05) is 25.5 Å². The standard InChI is InChI=1S/C14H23N3O3S/c1-3-8-16-12-5-9-15-10-13(12)21(18,19)17-11-14(20-2)6-4-7-14/h5,9-10,17H,3-4,6-8,11H2,1-2H3,(H,15,16). The quantitative estimate of drug-likeness (QED) is 0.764. The summed E-state index contributed by atoms with van der Waals surface area (Å²) in [4.78, 5) is 4.11. The molecule has 0 amide bonds. The van der Waals surface area contributed by atoms with Crippen molar-refractivity contribution in [1.29, 1.82) is 0 Å². The molecule has 0 unspecified atom stereocenters. The van der Waals surface area contributed by atoms with Crippen LogP contribution < -0.4 is 10.0 Å². The largest absolute Gasteiger partial charge is 0.384 e. The number of anilines is 1. The van der Waals surface area contributed by atoms with Gasteiger partial charge in [0.25, 0.3) is 0 Å². The van der Waals surface area contributed by atoms with E-state index in [0.29, 0.717) is 18.8 Å². The lowest BCUT2D eigenvalue weighted by Crippen LogP contribution is -2.49. The summed E-state index contributed by atoms with van der Waals surface area (Å²) < 4.78 is 33.0. The highest BCUT2D eigenvalue weighted by atomic mass is 32.2. The molecule has 0 atom stereocenters. The second-order valence-corrected chi connectivity index (χ2v) is 7.10. The molecule has 0 bridgehead atoms. The lowest BCUT2D eigenvalue weighted by molar-refractivity contribution is -0.0659. The maximum atomic E-state index is 12.5. The molecule has 1 fully saturated rings. The third-order valence-corrected chi connectivity index (χ3v) is 5.35. The molecule has 118 valence electrons. The molecule has 2 N–H and O–H groups in total. The predicted octanol–water partition coefficient (Wildman–Crippen LogP) is 1.75. The van der Waals surface area contributed by atoms with Gasteiger partial charge in [-0.2, -0.15) is 0 Å². The van der Waals surface area contributed by atoms with Crippen molar-refractivity contribution in [1.82, 2.24) is 9.71 Å². The minimum absolute atomic E-state index is 0.184. The predicted molar refractivity (Wildman–Crippen MR) is 81.8 cm³/mol. The van der Waals surface area contributed by atoms with Crippen molar-refractivity contribution >= 4 is 15.7 Å². The molecule has 6 nitrogen and oxygen atoms in total. The summed E-state index contributed by atoms with van der Waals surface area (Å²) in [6.07, 6.45) is 6.73. The highest BCUT2D eigenvalue weighted by Crippen LogP contribution is 2.34. The molecular weight excluding hydrogens is 290 g/mol. The SMILES string of the molecule is CCCNc1ccncc1S(=O)(=O)NCC1(OC)CCC1. The summed E-state index contributed by atoms with van der Waals surface area (Å²) in [5.74, 6) is 0. The van der Waals surface area contributed by atoms with E-state index >= 15 is 0 Å². The molecule has 21 heavy (non-hydrogen) atoms. The molecule has 7 heteroatoms. The number of hydrogen-bond donors (Lipinski definition) is 2. The molecule has 1 aromatic rings. The minimum Gasteiger partial charge on any atom is -0.384 e. The maximum Gasteiger partial charge on any atom is 0.244 e. The molecule has 0 aromatic carbocycles. The zero-order valence-electron chi connectivity index (χ0n) is 12.6. The zero-order chi connectivity index (χ0) is 15.3. The van der Waals surface area contributed by atoms with Crippen molar-refractivity contribution in [2.45, 2.75) is 43.1 Å². The van der Waals surface area contributed by atoms with E-state index in [-0.39, 0.29) is 10.5 Å². The molecular formula is C14H23N3O3S. The molecule has 1 aliphatic rings. The Kier molecular flexibility index (Phi) is 5.18. The van der Waals surface area contributed by atoms with Crippen LogP contribution in [0.15, 0.2) is 23.4 Å². The number of methoxy groups -OCH3 is 1. The average molecular weight is 313 g/mol. The second kappa shape index (κ2) is 6.72. The van der Waals surface area contributed by atoms with Gasteiger partial charge in [0.05, 0.1) is 11.3 Å². The Morgan fingerprint density at radius 1 is 1.43 bits per heavy atom. The summed E-state index contributed by atoms with van der Waals surface area (Å²) in [5.41, 5.74) is 0.242. The first kappa shape index (κ1) is 16.2. The van der Waals surface area contributed by atoms with Crippen LogP contribution in [0.1, 0.15) is 32.6 Å². The first-order valence-electron chi connectivity index (χ1n) is 7.26. The third-order valence-electron chi connectivity index (χ3n) is 3.92. The van der Waals surface area contributed by atoms with Crippen LogP contribution in [0, 0.1) is 0 Å². The fourth-order valence-electron chi connectivity index (χ4n) is 2.33. The minimum atomic E-state index is -3.60. The van der Waals surface area contributed by atoms with Crippen molar-refractivity contribution in [3.63, 3.8) is 0 Å². The van der Waals surface area contributed by atoms with E-state index in [4.69, 9.17) is 4.74 Å². The summed E-state index contributed by atoms with van der Waals surface area (Å²) in [6, 6.07) is 1.68. The maximum absolute atomic E-state index is 12.5. The van der Waals surface area contributed by atoms with Gasteiger partial charge < -0.3 is 10.1 Å². The van der Waals surface area contributed by atoms with E-state index in [1.54, 1.807) is 19.4 Å². The number of sulfonamides is 1. The molecule has 2 rings (SSSR count). The van der Waals surface area contributed by atoms with Crippen LogP contribution in [0.4, 0.5) is 5.69 Å². The van der Waals surface area contributed by atoms with Gasteiger partial charge in [-0.05, 0) is 31.7 Å². The van der Waals surface area contributed by atoms with Crippen LogP contribution in [-0.4, -0.2) is 39.2 Å². The summed E-state index contributed by atoms with van der Waals surface area (Å²) in [7, 11) is -1.97. The zero-order valence-corrected chi connectivity index (χ0v) is 13.4. The van der Waals surface area contributed by atoms with Crippen LogP contribution in [0.2, 0.25) is 0 Å². The Bertz CT molecular complexity index is 565. The number of rotatable bonds is 8. The van der Waals surface area contributed by atoms with Crippen molar-refractivity contribution in [3.05, 3.63) is 18.5 Å². The lowest BCUT2D eigenvalue weighted by Gasteiger charge is -2.40. The first-order valence-corrected chi connectivity index (χ1v) is 8.74. The van der Waals surface area contributed by atoms with Gasteiger partial charge in [-0.25, -0.2) is 13.1 Å². The van der Waals surface area contributed by atoms with E-state index in [9.17, 15) is 8.42 Å². The normalized spacial score (nSPS) is 17.2. The number of pyridine rings is 1. The van der Waals surface area contributed by atoms with Gasteiger partial charge in [0.1, 0.15) is 4.90 Å². The number of nitrogens with zero attached hydrogens (tertiary/aromatic N) is 1. The highest BCUT2D eigenvalue weighted by Gasteiger charge is 2.38. The van der Waals surface area contributed by atoms with Gasteiger partial charge in [-0.15, -0.1) is 0 Å². The Balaban J connectivity index is 2.12. The van der Waals surface area contributed by atoms with Crippen LogP contribution in [0.5, 0.6) is 0 Å². The molecule has 0 aliphatic heterocycles. The Morgan fingerprint density at radius 3 is 2.76 bits per heavy atom. The van der Waals surface area contributed by atoms with Gasteiger partial charge in [-0.3, -0.25) is 4.98 Å². The fraction of sp³-hybridized carbons (Fsp3) is 0.643.